The normalized spacial score (nSPS) is 12.8. The maximum absolute atomic E-state index is 12.6. The van der Waals surface area contributed by atoms with Gasteiger partial charge in [0.1, 0.15) is 6.04 Å². The molecule has 3 aromatic rings. The zero-order valence-corrected chi connectivity index (χ0v) is 15.2. The number of benzene rings is 2. The van der Waals surface area contributed by atoms with Crippen molar-refractivity contribution >= 4 is 38.5 Å². The molecule has 0 aliphatic carbocycles. The monoisotopic (exact) mass is 388 g/mol. The number of carboxylic acid groups (broad SMARTS) is 1. The second-order valence-electron chi connectivity index (χ2n) is 5.50. The Balaban J connectivity index is 1.79. The molecule has 0 spiro atoms. The van der Waals surface area contributed by atoms with Crippen molar-refractivity contribution in [3.63, 3.8) is 0 Å². The number of rotatable bonds is 7. The summed E-state index contributed by atoms with van der Waals surface area (Å²) in [6.07, 6.45) is 1.59. The van der Waals surface area contributed by atoms with Gasteiger partial charge in [-0.15, -0.1) is 11.8 Å². The number of pyridine rings is 1. The number of aliphatic carboxylic acids is 1. The number of carbonyl (C=O) groups is 1. The molecule has 0 bridgehead atoms. The number of carboxylic acids is 1. The Morgan fingerprint density at radius 1 is 1.08 bits per heavy atom. The molecular formula is C18H16N2O4S2. The van der Waals surface area contributed by atoms with Crippen LogP contribution in [0.15, 0.2) is 76.8 Å². The summed E-state index contributed by atoms with van der Waals surface area (Å²) in [6.45, 7) is 0. The molecule has 0 fully saturated rings. The molecule has 1 heterocycles. The topological polar surface area (TPSA) is 96.4 Å². The van der Waals surface area contributed by atoms with Crippen molar-refractivity contribution in [3.05, 3.63) is 66.9 Å². The van der Waals surface area contributed by atoms with Crippen LogP contribution in [0.1, 0.15) is 0 Å². The smallest absolute Gasteiger partial charge is 0.322 e. The maximum atomic E-state index is 12.6. The van der Waals surface area contributed by atoms with E-state index < -0.39 is 22.0 Å². The zero-order valence-electron chi connectivity index (χ0n) is 13.6. The molecule has 0 saturated heterocycles. The standard InChI is InChI=1S/C18H16N2O4S2/c21-18(22)16(12-25-17-7-3-4-10-19-17)20-26(23,24)15-9-8-13-5-1-2-6-14(13)11-15/h1-11,16,20H,12H2,(H,21,22)/t16-/m0/s1. The van der Waals surface area contributed by atoms with Gasteiger partial charge in [-0.3, -0.25) is 4.79 Å². The lowest BCUT2D eigenvalue weighted by Gasteiger charge is -2.14. The second kappa shape index (κ2) is 7.86. The van der Waals surface area contributed by atoms with Crippen LogP contribution in [0.5, 0.6) is 0 Å². The summed E-state index contributed by atoms with van der Waals surface area (Å²) < 4.78 is 27.5. The van der Waals surface area contributed by atoms with Gasteiger partial charge in [0.05, 0.1) is 9.92 Å². The molecule has 8 heteroatoms. The molecule has 6 nitrogen and oxygen atoms in total. The number of hydrogen-bond acceptors (Lipinski definition) is 5. The first-order valence-electron chi connectivity index (χ1n) is 7.73. The van der Waals surface area contributed by atoms with Crippen LogP contribution in [-0.4, -0.2) is 36.3 Å². The number of fused-ring (bicyclic) bond motifs is 1. The highest BCUT2D eigenvalue weighted by molar-refractivity contribution is 7.99. The Bertz CT molecular complexity index is 1020. The van der Waals surface area contributed by atoms with E-state index in [2.05, 4.69) is 9.71 Å². The van der Waals surface area contributed by atoms with Crippen LogP contribution in [0.2, 0.25) is 0 Å². The summed E-state index contributed by atoms with van der Waals surface area (Å²) in [5.41, 5.74) is 0. The van der Waals surface area contributed by atoms with Crippen molar-refractivity contribution in [1.82, 2.24) is 9.71 Å². The number of nitrogens with one attached hydrogen (secondary N) is 1. The average Bonchev–Trinajstić information content (AvgIpc) is 2.65. The minimum atomic E-state index is -3.96. The predicted octanol–water partition coefficient (Wildman–Crippen LogP) is 2.76. The molecule has 26 heavy (non-hydrogen) atoms. The minimum Gasteiger partial charge on any atom is -0.480 e. The second-order valence-corrected chi connectivity index (χ2v) is 8.25. The molecule has 0 unspecified atom stereocenters. The Morgan fingerprint density at radius 3 is 2.50 bits per heavy atom. The van der Waals surface area contributed by atoms with Crippen molar-refractivity contribution < 1.29 is 18.3 Å². The van der Waals surface area contributed by atoms with Gasteiger partial charge >= 0.3 is 5.97 Å². The fraction of sp³-hybridized carbons (Fsp3) is 0.111. The van der Waals surface area contributed by atoms with E-state index in [0.29, 0.717) is 5.03 Å². The molecule has 0 radical (unpaired) electrons. The first-order valence-corrected chi connectivity index (χ1v) is 10.2. The van der Waals surface area contributed by atoms with Gasteiger partial charge in [-0.05, 0) is 35.0 Å². The van der Waals surface area contributed by atoms with Crippen molar-refractivity contribution in [2.45, 2.75) is 16.0 Å². The van der Waals surface area contributed by atoms with E-state index in [1.165, 1.54) is 23.9 Å². The zero-order chi connectivity index (χ0) is 18.6. The number of thioether (sulfide) groups is 1. The summed E-state index contributed by atoms with van der Waals surface area (Å²) in [5.74, 6) is -1.21. The minimum absolute atomic E-state index is 0.0269. The molecule has 0 saturated carbocycles. The van der Waals surface area contributed by atoms with Gasteiger partial charge < -0.3 is 5.11 Å². The third-order valence-electron chi connectivity index (χ3n) is 3.66. The van der Waals surface area contributed by atoms with E-state index >= 15 is 0 Å². The van der Waals surface area contributed by atoms with E-state index in [-0.39, 0.29) is 10.6 Å². The van der Waals surface area contributed by atoms with Gasteiger partial charge in [-0.1, -0.05) is 36.4 Å². The molecule has 134 valence electrons. The fourth-order valence-electron chi connectivity index (χ4n) is 2.35. The van der Waals surface area contributed by atoms with Crippen LogP contribution in [-0.2, 0) is 14.8 Å². The summed E-state index contributed by atoms with van der Waals surface area (Å²) in [5, 5.41) is 11.7. The number of aromatic nitrogens is 1. The summed E-state index contributed by atoms with van der Waals surface area (Å²) >= 11 is 1.18. The Labute approximate surface area is 155 Å². The van der Waals surface area contributed by atoms with Crippen molar-refractivity contribution in [2.75, 3.05) is 5.75 Å². The maximum Gasteiger partial charge on any atom is 0.322 e. The van der Waals surface area contributed by atoms with Gasteiger partial charge in [0, 0.05) is 11.9 Å². The van der Waals surface area contributed by atoms with Crippen molar-refractivity contribution in [1.29, 1.82) is 0 Å². The summed E-state index contributed by atoms with van der Waals surface area (Å²) in [4.78, 5) is 15.6. The number of sulfonamides is 1. The Morgan fingerprint density at radius 2 is 1.81 bits per heavy atom. The van der Waals surface area contributed by atoms with Crippen LogP contribution in [0.25, 0.3) is 10.8 Å². The molecule has 3 rings (SSSR count). The molecule has 0 aliphatic rings. The third kappa shape index (κ3) is 4.40. The summed E-state index contributed by atoms with van der Waals surface area (Å²) in [7, 11) is -3.96. The van der Waals surface area contributed by atoms with Gasteiger partial charge in [-0.25, -0.2) is 13.4 Å². The number of hydrogen-bond donors (Lipinski definition) is 2. The van der Waals surface area contributed by atoms with Crippen LogP contribution in [0.4, 0.5) is 0 Å². The first kappa shape index (κ1) is 18.4. The van der Waals surface area contributed by atoms with Gasteiger partial charge in [0.2, 0.25) is 10.0 Å². The van der Waals surface area contributed by atoms with Crippen LogP contribution < -0.4 is 4.72 Å². The van der Waals surface area contributed by atoms with Crippen molar-refractivity contribution in [2.24, 2.45) is 0 Å². The first-order chi connectivity index (χ1) is 12.5. The highest BCUT2D eigenvalue weighted by Crippen LogP contribution is 2.20. The third-order valence-corrected chi connectivity index (χ3v) is 6.17. The van der Waals surface area contributed by atoms with Crippen LogP contribution in [0, 0.1) is 0 Å². The van der Waals surface area contributed by atoms with E-state index in [1.807, 2.05) is 18.2 Å². The summed E-state index contributed by atoms with van der Waals surface area (Å²) in [6, 6.07) is 16.1. The van der Waals surface area contributed by atoms with Crippen LogP contribution >= 0.6 is 11.8 Å². The van der Waals surface area contributed by atoms with E-state index in [9.17, 15) is 18.3 Å². The molecule has 1 aromatic heterocycles. The lowest BCUT2D eigenvalue weighted by molar-refractivity contribution is -0.138. The van der Waals surface area contributed by atoms with Gasteiger partial charge in [-0.2, -0.15) is 4.72 Å². The average molecular weight is 388 g/mol. The molecule has 2 N–H and O–H groups in total. The highest BCUT2D eigenvalue weighted by atomic mass is 32.2. The van der Waals surface area contributed by atoms with Crippen molar-refractivity contribution in [3.8, 4) is 0 Å². The fourth-order valence-corrected chi connectivity index (χ4v) is 4.55. The lowest BCUT2D eigenvalue weighted by Crippen LogP contribution is -2.42. The molecule has 1 atom stereocenters. The largest absolute Gasteiger partial charge is 0.480 e. The van der Waals surface area contributed by atoms with Crippen LogP contribution in [0.3, 0.4) is 0 Å². The van der Waals surface area contributed by atoms with Gasteiger partial charge in [0.25, 0.3) is 0 Å². The molecular weight excluding hydrogens is 372 g/mol. The molecule has 2 aromatic carbocycles. The molecule has 0 aliphatic heterocycles. The predicted molar refractivity (Wildman–Crippen MR) is 101 cm³/mol. The lowest BCUT2D eigenvalue weighted by atomic mass is 10.1. The van der Waals surface area contributed by atoms with E-state index in [1.54, 1.807) is 36.5 Å². The number of nitrogens with zero attached hydrogens (tertiary/aromatic N) is 1. The van der Waals surface area contributed by atoms with E-state index in [0.717, 1.165) is 10.8 Å². The Hall–Kier alpha value is -2.42. The van der Waals surface area contributed by atoms with Gasteiger partial charge in [0.15, 0.2) is 0 Å². The highest BCUT2D eigenvalue weighted by Gasteiger charge is 2.25. The quantitative estimate of drug-likeness (QED) is 0.604. The Kier molecular flexibility index (Phi) is 5.55. The SMILES string of the molecule is O=C(O)[C@H](CSc1ccccn1)NS(=O)(=O)c1ccc2ccccc2c1. The molecule has 0 amide bonds. The van der Waals surface area contributed by atoms with E-state index in [4.69, 9.17) is 0 Å².